The molecule has 0 aromatic heterocycles. The smallest absolute Gasteiger partial charge is 0.174 e. The van der Waals surface area contributed by atoms with Crippen LogP contribution in [0, 0.1) is 10.8 Å². The Kier molecular flexibility index (Phi) is 3.06. The molecular weight excluding hydrogens is 204 g/mol. The first-order valence-corrected chi connectivity index (χ1v) is 6.32. The molecule has 1 atom stereocenters. The summed E-state index contributed by atoms with van der Waals surface area (Å²) in [5.74, 6) is -0.383. The predicted molar refractivity (Wildman–Crippen MR) is 62.1 cm³/mol. The Bertz CT molecular complexity index is 256. The molecule has 1 unspecified atom stereocenters. The van der Waals surface area contributed by atoms with Crippen molar-refractivity contribution in [2.75, 3.05) is 19.8 Å². The van der Waals surface area contributed by atoms with Crippen molar-refractivity contribution in [1.29, 1.82) is 0 Å². The first-order chi connectivity index (χ1) is 7.43. The predicted octanol–water partition coefficient (Wildman–Crippen LogP) is 2.33. The van der Waals surface area contributed by atoms with Crippen LogP contribution in [0.15, 0.2) is 0 Å². The molecule has 2 fully saturated rings. The van der Waals surface area contributed by atoms with Crippen LogP contribution in [-0.2, 0) is 9.47 Å². The number of ether oxygens (including phenoxy) is 2. The van der Waals surface area contributed by atoms with E-state index < -0.39 is 0 Å². The lowest BCUT2D eigenvalue weighted by molar-refractivity contribution is -0.220. The third-order valence-corrected chi connectivity index (χ3v) is 4.14. The highest BCUT2D eigenvalue weighted by molar-refractivity contribution is 5.05. The Morgan fingerprint density at radius 3 is 2.25 bits per heavy atom. The molecule has 3 heteroatoms. The molecule has 1 aliphatic carbocycles. The van der Waals surface area contributed by atoms with Crippen LogP contribution in [0.1, 0.15) is 46.5 Å². The van der Waals surface area contributed by atoms with Crippen LogP contribution in [0.4, 0.5) is 0 Å². The SMILES string of the molecule is CC1(C)CC(C)(CCCO)C2(C1)OCCO2. The molecule has 2 rings (SSSR count). The number of hydrogen-bond donors (Lipinski definition) is 1. The van der Waals surface area contributed by atoms with Gasteiger partial charge < -0.3 is 14.6 Å². The van der Waals surface area contributed by atoms with Crippen molar-refractivity contribution in [2.45, 2.75) is 52.2 Å². The summed E-state index contributed by atoms with van der Waals surface area (Å²) in [5, 5.41) is 9.02. The third-order valence-electron chi connectivity index (χ3n) is 4.14. The largest absolute Gasteiger partial charge is 0.396 e. The molecule has 16 heavy (non-hydrogen) atoms. The zero-order valence-corrected chi connectivity index (χ0v) is 10.7. The van der Waals surface area contributed by atoms with Gasteiger partial charge in [-0.25, -0.2) is 0 Å². The van der Waals surface area contributed by atoms with Crippen LogP contribution in [0.5, 0.6) is 0 Å². The van der Waals surface area contributed by atoms with E-state index in [1.54, 1.807) is 0 Å². The molecule has 0 radical (unpaired) electrons. The van der Waals surface area contributed by atoms with Crippen molar-refractivity contribution in [3.8, 4) is 0 Å². The van der Waals surface area contributed by atoms with Gasteiger partial charge in [0, 0.05) is 18.4 Å². The summed E-state index contributed by atoms with van der Waals surface area (Å²) >= 11 is 0. The van der Waals surface area contributed by atoms with Crippen LogP contribution in [0.3, 0.4) is 0 Å². The number of aliphatic hydroxyl groups is 1. The van der Waals surface area contributed by atoms with Crippen LogP contribution >= 0.6 is 0 Å². The maximum atomic E-state index is 9.02. The highest BCUT2D eigenvalue weighted by atomic mass is 16.7. The summed E-state index contributed by atoms with van der Waals surface area (Å²) in [6, 6.07) is 0. The Morgan fingerprint density at radius 1 is 1.06 bits per heavy atom. The van der Waals surface area contributed by atoms with E-state index in [4.69, 9.17) is 14.6 Å². The van der Waals surface area contributed by atoms with Crippen molar-refractivity contribution in [1.82, 2.24) is 0 Å². The summed E-state index contributed by atoms with van der Waals surface area (Å²) in [5.41, 5.74) is 0.324. The normalized spacial score (nSPS) is 36.0. The molecule has 1 N–H and O–H groups in total. The van der Waals surface area contributed by atoms with E-state index in [0.717, 1.165) is 25.7 Å². The zero-order chi connectivity index (χ0) is 11.9. The maximum Gasteiger partial charge on any atom is 0.174 e. The molecule has 0 aromatic carbocycles. The fourth-order valence-corrected chi connectivity index (χ4v) is 3.75. The molecular formula is C13H24O3. The van der Waals surface area contributed by atoms with E-state index in [1.807, 2.05) is 0 Å². The van der Waals surface area contributed by atoms with Gasteiger partial charge in [0.2, 0.25) is 0 Å². The van der Waals surface area contributed by atoms with Crippen molar-refractivity contribution < 1.29 is 14.6 Å². The number of aliphatic hydroxyl groups excluding tert-OH is 1. The van der Waals surface area contributed by atoms with Gasteiger partial charge >= 0.3 is 0 Å². The fourth-order valence-electron chi connectivity index (χ4n) is 3.75. The summed E-state index contributed by atoms with van der Waals surface area (Å²) in [7, 11) is 0. The van der Waals surface area contributed by atoms with E-state index in [-0.39, 0.29) is 23.2 Å². The van der Waals surface area contributed by atoms with Crippen LogP contribution in [-0.4, -0.2) is 30.7 Å². The fraction of sp³-hybridized carbons (Fsp3) is 1.00. The van der Waals surface area contributed by atoms with Gasteiger partial charge in [-0.05, 0) is 24.7 Å². The Balaban J connectivity index is 2.20. The standard InChI is InChI=1S/C13H24O3/c1-11(2)9-12(3,5-4-6-14)13(10-11)15-7-8-16-13/h14H,4-10H2,1-3H3. The first kappa shape index (κ1) is 12.3. The lowest BCUT2D eigenvalue weighted by Gasteiger charge is -2.39. The second kappa shape index (κ2) is 3.97. The molecule has 2 aliphatic rings. The van der Waals surface area contributed by atoms with Crippen molar-refractivity contribution >= 4 is 0 Å². The lowest BCUT2D eigenvalue weighted by Crippen LogP contribution is -2.43. The summed E-state index contributed by atoms with van der Waals surface area (Å²) in [4.78, 5) is 0. The minimum atomic E-state index is -0.383. The molecule has 1 spiro atoms. The topological polar surface area (TPSA) is 38.7 Å². The van der Waals surface area contributed by atoms with Gasteiger partial charge in [-0.3, -0.25) is 0 Å². The van der Waals surface area contributed by atoms with E-state index in [1.165, 1.54) is 0 Å². The van der Waals surface area contributed by atoms with Gasteiger partial charge in [-0.2, -0.15) is 0 Å². The van der Waals surface area contributed by atoms with Gasteiger partial charge in [-0.15, -0.1) is 0 Å². The molecule has 1 saturated carbocycles. The number of rotatable bonds is 3. The molecule has 0 amide bonds. The highest BCUT2D eigenvalue weighted by Gasteiger charge is 2.61. The molecule has 1 aliphatic heterocycles. The van der Waals surface area contributed by atoms with Gasteiger partial charge in [-0.1, -0.05) is 20.8 Å². The van der Waals surface area contributed by atoms with Gasteiger partial charge in [0.1, 0.15) is 0 Å². The lowest BCUT2D eigenvalue weighted by atomic mass is 9.77. The van der Waals surface area contributed by atoms with Crippen molar-refractivity contribution in [3.63, 3.8) is 0 Å². The molecule has 3 nitrogen and oxygen atoms in total. The highest BCUT2D eigenvalue weighted by Crippen LogP contribution is 2.60. The van der Waals surface area contributed by atoms with E-state index in [9.17, 15) is 0 Å². The minimum absolute atomic E-state index is 0.0513. The van der Waals surface area contributed by atoms with E-state index in [0.29, 0.717) is 13.2 Å². The average Bonchev–Trinajstić information content (AvgIpc) is 2.69. The molecule has 94 valence electrons. The van der Waals surface area contributed by atoms with Crippen molar-refractivity contribution in [3.05, 3.63) is 0 Å². The first-order valence-electron chi connectivity index (χ1n) is 6.32. The van der Waals surface area contributed by atoms with Crippen LogP contribution in [0.2, 0.25) is 0 Å². The minimum Gasteiger partial charge on any atom is -0.396 e. The van der Waals surface area contributed by atoms with Gasteiger partial charge in [0.05, 0.1) is 13.2 Å². The summed E-state index contributed by atoms with van der Waals surface area (Å²) in [6.45, 7) is 8.50. The zero-order valence-electron chi connectivity index (χ0n) is 10.7. The van der Waals surface area contributed by atoms with E-state index >= 15 is 0 Å². The molecule has 0 bridgehead atoms. The molecule has 0 aromatic rings. The molecule has 1 saturated heterocycles. The van der Waals surface area contributed by atoms with Crippen molar-refractivity contribution in [2.24, 2.45) is 10.8 Å². The molecule has 1 heterocycles. The Hall–Kier alpha value is -0.120. The maximum absolute atomic E-state index is 9.02. The monoisotopic (exact) mass is 228 g/mol. The summed E-state index contributed by atoms with van der Waals surface area (Å²) in [6.07, 6.45) is 3.90. The van der Waals surface area contributed by atoms with Crippen LogP contribution < -0.4 is 0 Å². The second-order valence-corrected chi connectivity index (χ2v) is 6.36. The summed E-state index contributed by atoms with van der Waals surface area (Å²) < 4.78 is 11.9. The van der Waals surface area contributed by atoms with Crippen LogP contribution in [0.25, 0.3) is 0 Å². The third kappa shape index (κ3) is 1.89. The van der Waals surface area contributed by atoms with E-state index in [2.05, 4.69) is 20.8 Å². The average molecular weight is 228 g/mol. The quantitative estimate of drug-likeness (QED) is 0.805. The Labute approximate surface area is 98.1 Å². The van der Waals surface area contributed by atoms with Gasteiger partial charge in [0.25, 0.3) is 0 Å². The second-order valence-electron chi connectivity index (χ2n) is 6.36. The number of hydrogen-bond acceptors (Lipinski definition) is 3. The van der Waals surface area contributed by atoms with Gasteiger partial charge in [0.15, 0.2) is 5.79 Å². The Morgan fingerprint density at radius 2 is 1.69 bits per heavy atom.